The molecule has 4 nitrogen and oxygen atoms in total. The van der Waals surface area contributed by atoms with Crippen LogP contribution in [-0.4, -0.2) is 17.5 Å². The SMILES string of the molecule is Cc1cccc2sc(NC(=O)COc3cc(Cl)c(Cl)cc3Cl)nc12. The fourth-order valence-electron chi connectivity index (χ4n) is 2.05. The summed E-state index contributed by atoms with van der Waals surface area (Å²) >= 11 is 19.2. The molecule has 0 spiro atoms. The van der Waals surface area contributed by atoms with Crippen molar-refractivity contribution < 1.29 is 9.53 Å². The van der Waals surface area contributed by atoms with E-state index in [0.29, 0.717) is 20.9 Å². The number of fused-ring (bicyclic) bond motifs is 1. The number of anilines is 1. The van der Waals surface area contributed by atoms with E-state index in [0.717, 1.165) is 15.8 Å². The highest BCUT2D eigenvalue weighted by Crippen LogP contribution is 2.34. The molecule has 0 aliphatic carbocycles. The Hall–Kier alpha value is -1.53. The van der Waals surface area contributed by atoms with Crippen molar-refractivity contribution in [3.05, 3.63) is 51.0 Å². The Morgan fingerprint density at radius 3 is 2.71 bits per heavy atom. The van der Waals surface area contributed by atoms with E-state index in [9.17, 15) is 4.79 Å². The molecule has 0 saturated heterocycles. The molecular weight excluding hydrogens is 391 g/mol. The summed E-state index contributed by atoms with van der Waals surface area (Å²) in [5, 5.41) is 4.15. The number of hydrogen-bond acceptors (Lipinski definition) is 4. The minimum atomic E-state index is -0.339. The summed E-state index contributed by atoms with van der Waals surface area (Å²) in [5.74, 6) is -0.0461. The highest BCUT2D eigenvalue weighted by molar-refractivity contribution is 7.22. The van der Waals surface area contributed by atoms with E-state index < -0.39 is 0 Å². The largest absolute Gasteiger partial charge is 0.482 e. The van der Waals surface area contributed by atoms with Crippen LogP contribution >= 0.6 is 46.1 Å². The van der Waals surface area contributed by atoms with Crippen LogP contribution in [0.4, 0.5) is 5.13 Å². The number of benzene rings is 2. The molecular formula is C16H11Cl3N2O2S. The molecule has 8 heteroatoms. The van der Waals surface area contributed by atoms with Gasteiger partial charge in [0.15, 0.2) is 11.7 Å². The van der Waals surface area contributed by atoms with E-state index in [4.69, 9.17) is 39.5 Å². The van der Waals surface area contributed by atoms with Gasteiger partial charge in [-0.3, -0.25) is 10.1 Å². The van der Waals surface area contributed by atoms with Gasteiger partial charge in [-0.05, 0) is 24.6 Å². The van der Waals surface area contributed by atoms with Crippen LogP contribution in [0.2, 0.25) is 15.1 Å². The second-order valence-electron chi connectivity index (χ2n) is 4.97. The zero-order valence-electron chi connectivity index (χ0n) is 12.4. The summed E-state index contributed by atoms with van der Waals surface area (Å²) in [6.07, 6.45) is 0. The van der Waals surface area contributed by atoms with E-state index in [-0.39, 0.29) is 17.5 Å². The molecule has 1 amide bonds. The van der Waals surface area contributed by atoms with Crippen molar-refractivity contribution in [2.45, 2.75) is 6.92 Å². The third-order valence-corrected chi connectivity index (χ3v) is 5.15. The number of hydrogen-bond donors (Lipinski definition) is 1. The first-order chi connectivity index (χ1) is 11.4. The first-order valence-corrected chi connectivity index (χ1v) is 8.82. The van der Waals surface area contributed by atoms with Crippen molar-refractivity contribution in [1.29, 1.82) is 0 Å². The Kier molecular flexibility index (Phi) is 5.15. The van der Waals surface area contributed by atoms with Gasteiger partial charge < -0.3 is 4.74 Å². The molecule has 0 unspecified atom stereocenters. The average molecular weight is 402 g/mol. The molecule has 0 bridgehead atoms. The summed E-state index contributed by atoms with van der Waals surface area (Å²) in [5.41, 5.74) is 1.94. The molecule has 3 aromatic rings. The van der Waals surface area contributed by atoms with E-state index in [1.165, 1.54) is 23.5 Å². The number of thiazole rings is 1. The smallest absolute Gasteiger partial charge is 0.264 e. The Morgan fingerprint density at radius 1 is 1.21 bits per heavy atom. The van der Waals surface area contributed by atoms with E-state index in [2.05, 4.69) is 10.3 Å². The molecule has 0 aliphatic rings. The molecule has 1 N–H and O–H groups in total. The molecule has 24 heavy (non-hydrogen) atoms. The quantitative estimate of drug-likeness (QED) is 0.580. The molecule has 1 aromatic heterocycles. The molecule has 3 rings (SSSR count). The van der Waals surface area contributed by atoms with E-state index in [1.807, 2.05) is 25.1 Å². The van der Waals surface area contributed by atoms with Gasteiger partial charge >= 0.3 is 0 Å². The lowest BCUT2D eigenvalue weighted by Gasteiger charge is -2.08. The van der Waals surface area contributed by atoms with Gasteiger partial charge in [-0.2, -0.15) is 0 Å². The minimum absolute atomic E-state index is 0.216. The standard InChI is InChI=1S/C16H11Cl3N2O2S/c1-8-3-2-4-13-15(8)21-16(24-13)20-14(22)7-23-12-6-10(18)9(17)5-11(12)19/h2-6H,7H2,1H3,(H,20,21,22). The third-order valence-electron chi connectivity index (χ3n) is 3.20. The second kappa shape index (κ2) is 7.15. The maximum Gasteiger partial charge on any atom is 0.264 e. The number of amides is 1. The number of nitrogens with zero attached hydrogens (tertiary/aromatic N) is 1. The number of carbonyl (C=O) groups excluding carboxylic acids is 1. The summed E-state index contributed by atoms with van der Waals surface area (Å²) < 4.78 is 6.41. The van der Waals surface area contributed by atoms with Crippen molar-refractivity contribution in [2.75, 3.05) is 11.9 Å². The Balaban J connectivity index is 1.67. The van der Waals surface area contributed by atoms with Crippen molar-refractivity contribution >= 4 is 67.4 Å². The highest BCUT2D eigenvalue weighted by Gasteiger charge is 2.12. The summed E-state index contributed by atoms with van der Waals surface area (Å²) in [4.78, 5) is 16.5. The van der Waals surface area contributed by atoms with Gasteiger partial charge in [0.2, 0.25) is 0 Å². The van der Waals surface area contributed by atoms with Crippen molar-refractivity contribution in [2.24, 2.45) is 0 Å². The van der Waals surface area contributed by atoms with Crippen LogP contribution in [0.5, 0.6) is 5.75 Å². The molecule has 0 atom stereocenters. The predicted octanol–water partition coefficient (Wildman–Crippen LogP) is 5.58. The number of nitrogens with one attached hydrogen (secondary N) is 1. The Labute approximate surface area is 157 Å². The van der Waals surface area contributed by atoms with Gasteiger partial charge in [0.05, 0.1) is 25.3 Å². The van der Waals surface area contributed by atoms with Crippen molar-refractivity contribution in [3.8, 4) is 5.75 Å². The van der Waals surface area contributed by atoms with Crippen LogP contribution in [-0.2, 0) is 4.79 Å². The Bertz CT molecular complexity index is 927. The fraction of sp³-hybridized carbons (Fsp3) is 0.125. The summed E-state index contributed by atoms with van der Waals surface area (Å²) in [6.45, 7) is 1.76. The van der Waals surface area contributed by atoms with Crippen LogP contribution < -0.4 is 10.1 Å². The topological polar surface area (TPSA) is 51.2 Å². The third kappa shape index (κ3) is 3.75. The van der Waals surface area contributed by atoms with Gasteiger partial charge in [0.1, 0.15) is 5.75 Å². The summed E-state index contributed by atoms with van der Waals surface area (Å²) in [6, 6.07) is 8.83. The molecule has 2 aromatic carbocycles. The van der Waals surface area contributed by atoms with Gasteiger partial charge in [0, 0.05) is 6.07 Å². The number of aromatic nitrogens is 1. The number of aryl methyl sites for hydroxylation is 1. The molecule has 124 valence electrons. The zero-order chi connectivity index (χ0) is 17.3. The lowest BCUT2D eigenvalue weighted by molar-refractivity contribution is -0.118. The van der Waals surface area contributed by atoms with Gasteiger partial charge in [0.25, 0.3) is 5.91 Å². The van der Waals surface area contributed by atoms with E-state index in [1.54, 1.807) is 0 Å². The number of rotatable bonds is 4. The van der Waals surface area contributed by atoms with Crippen LogP contribution in [0, 0.1) is 6.92 Å². The lowest BCUT2D eigenvalue weighted by atomic mass is 10.2. The normalized spacial score (nSPS) is 10.8. The highest BCUT2D eigenvalue weighted by atomic mass is 35.5. The number of ether oxygens (including phenoxy) is 1. The van der Waals surface area contributed by atoms with Gasteiger partial charge in [-0.25, -0.2) is 4.98 Å². The molecule has 0 saturated carbocycles. The van der Waals surface area contributed by atoms with Crippen molar-refractivity contribution in [1.82, 2.24) is 4.98 Å². The first-order valence-electron chi connectivity index (χ1n) is 6.87. The Morgan fingerprint density at radius 2 is 1.96 bits per heavy atom. The van der Waals surface area contributed by atoms with E-state index >= 15 is 0 Å². The van der Waals surface area contributed by atoms with Crippen LogP contribution in [0.1, 0.15) is 5.56 Å². The first kappa shape index (κ1) is 17.3. The fourth-order valence-corrected chi connectivity index (χ4v) is 3.60. The van der Waals surface area contributed by atoms with Crippen LogP contribution in [0.3, 0.4) is 0 Å². The van der Waals surface area contributed by atoms with Crippen LogP contribution in [0.25, 0.3) is 10.2 Å². The predicted molar refractivity (Wildman–Crippen MR) is 100.0 cm³/mol. The summed E-state index contributed by atoms with van der Waals surface area (Å²) in [7, 11) is 0. The average Bonchev–Trinajstić information content (AvgIpc) is 2.93. The monoisotopic (exact) mass is 400 g/mol. The molecule has 0 aliphatic heterocycles. The van der Waals surface area contributed by atoms with Crippen molar-refractivity contribution in [3.63, 3.8) is 0 Å². The molecule has 0 fully saturated rings. The van der Waals surface area contributed by atoms with Gasteiger partial charge in [-0.15, -0.1) is 0 Å². The molecule has 0 radical (unpaired) electrons. The zero-order valence-corrected chi connectivity index (χ0v) is 15.5. The lowest BCUT2D eigenvalue weighted by Crippen LogP contribution is -2.20. The van der Waals surface area contributed by atoms with Crippen LogP contribution in [0.15, 0.2) is 30.3 Å². The number of para-hydroxylation sites is 1. The maximum absolute atomic E-state index is 12.0. The minimum Gasteiger partial charge on any atom is -0.482 e. The second-order valence-corrected chi connectivity index (χ2v) is 7.23. The van der Waals surface area contributed by atoms with Gasteiger partial charge in [-0.1, -0.05) is 58.3 Å². The number of halogens is 3. The maximum atomic E-state index is 12.0. The molecule has 1 heterocycles. The number of carbonyl (C=O) groups is 1.